The number of carbonyl (C=O) groups excluding carboxylic acids is 1. The first kappa shape index (κ1) is 11.8. The molecule has 0 N–H and O–H groups in total. The highest BCUT2D eigenvalue weighted by molar-refractivity contribution is 6.31. The summed E-state index contributed by atoms with van der Waals surface area (Å²) < 4.78 is 41.9. The molecule has 15 heavy (non-hydrogen) atoms. The first-order valence-electron chi connectivity index (χ1n) is 3.82. The number of Topliss-reactive ketones (excluding diaryl/α,β-unsaturated/α-hetero) is 1. The van der Waals surface area contributed by atoms with Crippen molar-refractivity contribution in [2.75, 3.05) is 7.11 Å². The molecular formula is C9H6ClF3O2. The Hall–Kier alpha value is -1.23. The van der Waals surface area contributed by atoms with Gasteiger partial charge in [-0.05, 0) is 12.1 Å². The predicted octanol–water partition coefficient (Wildman–Crippen LogP) is 2.94. The van der Waals surface area contributed by atoms with Gasteiger partial charge >= 0.3 is 6.43 Å². The van der Waals surface area contributed by atoms with Crippen LogP contribution in [-0.4, -0.2) is 19.3 Å². The molecule has 0 saturated heterocycles. The lowest BCUT2D eigenvalue weighted by atomic mass is 10.1. The Kier molecular flexibility index (Phi) is 3.57. The highest BCUT2D eigenvalue weighted by atomic mass is 35.5. The van der Waals surface area contributed by atoms with E-state index in [0.29, 0.717) is 0 Å². The van der Waals surface area contributed by atoms with Crippen LogP contribution in [0.3, 0.4) is 0 Å². The lowest BCUT2D eigenvalue weighted by molar-refractivity contribution is 0.0674. The van der Waals surface area contributed by atoms with Crippen molar-refractivity contribution < 1.29 is 22.7 Å². The fourth-order valence-corrected chi connectivity index (χ4v) is 1.27. The van der Waals surface area contributed by atoms with Crippen molar-refractivity contribution in [2.45, 2.75) is 6.43 Å². The van der Waals surface area contributed by atoms with Gasteiger partial charge in [0, 0.05) is 5.02 Å². The fraction of sp³-hybridized carbons (Fsp3) is 0.222. The highest BCUT2D eigenvalue weighted by Gasteiger charge is 2.24. The van der Waals surface area contributed by atoms with Crippen molar-refractivity contribution in [3.8, 4) is 5.75 Å². The average Bonchev–Trinajstić information content (AvgIpc) is 2.15. The Balaban J connectivity index is 3.32. The van der Waals surface area contributed by atoms with Gasteiger partial charge in [0.15, 0.2) is 11.6 Å². The van der Waals surface area contributed by atoms with E-state index >= 15 is 0 Å². The number of ketones is 1. The summed E-state index contributed by atoms with van der Waals surface area (Å²) >= 11 is 5.44. The molecule has 0 spiro atoms. The van der Waals surface area contributed by atoms with Crippen molar-refractivity contribution in [3.63, 3.8) is 0 Å². The van der Waals surface area contributed by atoms with Crippen LogP contribution in [0.2, 0.25) is 5.02 Å². The van der Waals surface area contributed by atoms with Gasteiger partial charge in [0.25, 0.3) is 0 Å². The van der Waals surface area contributed by atoms with Crippen molar-refractivity contribution in [2.24, 2.45) is 0 Å². The normalized spacial score (nSPS) is 10.5. The highest BCUT2D eigenvalue weighted by Crippen LogP contribution is 2.28. The summed E-state index contributed by atoms with van der Waals surface area (Å²) in [7, 11) is 1.08. The van der Waals surface area contributed by atoms with Gasteiger partial charge in [-0.15, -0.1) is 0 Å². The van der Waals surface area contributed by atoms with Gasteiger partial charge in [-0.3, -0.25) is 4.79 Å². The van der Waals surface area contributed by atoms with Crippen LogP contribution in [0.15, 0.2) is 12.1 Å². The van der Waals surface area contributed by atoms with Gasteiger partial charge in [-0.25, -0.2) is 13.2 Å². The number of rotatable bonds is 3. The van der Waals surface area contributed by atoms with Crippen molar-refractivity contribution in [3.05, 3.63) is 28.5 Å². The molecule has 0 unspecified atom stereocenters. The Morgan fingerprint density at radius 2 is 2.07 bits per heavy atom. The van der Waals surface area contributed by atoms with Crippen LogP contribution in [0.25, 0.3) is 0 Å². The largest absolute Gasteiger partial charge is 0.493 e. The molecule has 0 fully saturated rings. The zero-order valence-corrected chi connectivity index (χ0v) is 8.32. The molecule has 2 nitrogen and oxygen atoms in total. The van der Waals surface area contributed by atoms with Crippen LogP contribution in [0.1, 0.15) is 10.4 Å². The van der Waals surface area contributed by atoms with Crippen molar-refractivity contribution in [1.29, 1.82) is 0 Å². The standard InChI is InChI=1S/C9H6ClF3O2/c1-15-8-5(7(14)9(12)13)2-4(10)3-6(8)11/h2-3,9H,1H3. The second-order valence-electron chi connectivity index (χ2n) is 2.63. The molecule has 0 aromatic heterocycles. The van der Waals surface area contributed by atoms with Gasteiger partial charge in [-0.1, -0.05) is 11.6 Å². The fourth-order valence-electron chi connectivity index (χ4n) is 1.07. The van der Waals surface area contributed by atoms with Crippen molar-refractivity contribution >= 4 is 17.4 Å². The molecular weight excluding hydrogens is 233 g/mol. The summed E-state index contributed by atoms with van der Waals surface area (Å²) in [6, 6.07) is 1.82. The molecule has 0 saturated carbocycles. The molecule has 6 heteroatoms. The first-order valence-corrected chi connectivity index (χ1v) is 4.20. The lowest BCUT2D eigenvalue weighted by Crippen LogP contribution is -2.12. The zero-order valence-electron chi connectivity index (χ0n) is 7.56. The minimum Gasteiger partial charge on any atom is -0.493 e. The number of alkyl halides is 2. The maximum atomic E-state index is 13.1. The Bertz CT molecular complexity index is 393. The quantitative estimate of drug-likeness (QED) is 0.757. The third-order valence-electron chi connectivity index (χ3n) is 1.68. The number of hydrogen-bond acceptors (Lipinski definition) is 2. The molecule has 0 aliphatic rings. The summed E-state index contributed by atoms with van der Waals surface area (Å²) in [6.07, 6.45) is -3.23. The molecule has 0 heterocycles. The van der Waals surface area contributed by atoms with E-state index in [1.54, 1.807) is 0 Å². The van der Waals surface area contributed by atoms with Crippen LogP contribution < -0.4 is 4.74 Å². The van der Waals surface area contributed by atoms with Crippen LogP contribution in [0.4, 0.5) is 13.2 Å². The van der Waals surface area contributed by atoms with Crippen molar-refractivity contribution in [1.82, 2.24) is 0 Å². The summed E-state index contributed by atoms with van der Waals surface area (Å²) in [4.78, 5) is 11.0. The number of hydrogen-bond donors (Lipinski definition) is 0. The van der Waals surface area contributed by atoms with E-state index in [4.69, 9.17) is 11.6 Å². The summed E-state index contributed by atoms with van der Waals surface area (Å²) in [5, 5.41) is -0.141. The monoisotopic (exact) mass is 238 g/mol. The minimum atomic E-state index is -3.23. The maximum absolute atomic E-state index is 13.1. The van der Waals surface area contributed by atoms with Gasteiger partial charge in [0.05, 0.1) is 12.7 Å². The summed E-state index contributed by atoms with van der Waals surface area (Å²) in [6.45, 7) is 0. The van der Waals surface area contributed by atoms with Crippen LogP contribution in [-0.2, 0) is 0 Å². The summed E-state index contributed by atoms with van der Waals surface area (Å²) in [5.41, 5.74) is -0.558. The van der Waals surface area contributed by atoms with E-state index < -0.39 is 29.3 Å². The van der Waals surface area contributed by atoms with E-state index in [-0.39, 0.29) is 5.02 Å². The van der Waals surface area contributed by atoms with E-state index in [1.165, 1.54) is 0 Å². The second kappa shape index (κ2) is 4.53. The van der Waals surface area contributed by atoms with E-state index in [0.717, 1.165) is 19.2 Å². The third kappa shape index (κ3) is 2.41. The Morgan fingerprint density at radius 3 is 2.53 bits per heavy atom. The molecule has 1 rings (SSSR count). The van der Waals surface area contributed by atoms with Crippen LogP contribution >= 0.6 is 11.6 Å². The topological polar surface area (TPSA) is 26.3 Å². The third-order valence-corrected chi connectivity index (χ3v) is 1.89. The average molecular weight is 239 g/mol. The number of methoxy groups -OCH3 is 1. The molecule has 0 bridgehead atoms. The van der Waals surface area contributed by atoms with Gasteiger partial charge in [-0.2, -0.15) is 0 Å². The lowest BCUT2D eigenvalue weighted by Gasteiger charge is -2.08. The molecule has 0 radical (unpaired) electrons. The van der Waals surface area contributed by atoms with E-state index in [2.05, 4.69) is 4.74 Å². The number of halogens is 4. The second-order valence-corrected chi connectivity index (χ2v) is 3.07. The smallest absolute Gasteiger partial charge is 0.300 e. The van der Waals surface area contributed by atoms with Gasteiger partial charge < -0.3 is 4.74 Å². The molecule has 0 aliphatic carbocycles. The molecule has 1 aromatic rings. The van der Waals surface area contributed by atoms with Crippen LogP contribution in [0, 0.1) is 5.82 Å². The van der Waals surface area contributed by atoms with Crippen LogP contribution in [0.5, 0.6) is 5.75 Å². The molecule has 82 valence electrons. The molecule has 0 amide bonds. The number of carbonyl (C=O) groups is 1. The van der Waals surface area contributed by atoms with Gasteiger partial charge in [0.2, 0.25) is 5.78 Å². The summed E-state index contributed by atoms with van der Waals surface area (Å²) in [5.74, 6) is -2.99. The number of ether oxygens (including phenoxy) is 1. The minimum absolute atomic E-state index is 0.141. The van der Waals surface area contributed by atoms with E-state index in [9.17, 15) is 18.0 Å². The zero-order chi connectivity index (χ0) is 11.6. The first-order chi connectivity index (χ1) is 6.97. The maximum Gasteiger partial charge on any atom is 0.300 e. The SMILES string of the molecule is COc1c(F)cc(Cl)cc1C(=O)C(F)F. The molecule has 0 atom stereocenters. The van der Waals surface area contributed by atoms with Gasteiger partial charge in [0.1, 0.15) is 0 Å². The molecule has 1 aromatic carbocycles. The molecule has 0 aliphatic heterocycles. The number of benzene rings is 1. The predicted molar refractivity (Wildman–Crippen MR) is 48.3 cm³/mol. The Morgan fingerprint density at radius 1 is 1.47 bits per heavy atom. The van der Waals surface area contributed by atoms with E-state index in [1.807, 2.05) is 0 Å². The Labute approximate surface area is 88.6 Å².